The van der Waals surface area contributed by atoms with Crippen LogP contribution in [-0.4, -0.2) is 40.5 Å². The smallest absolute Gasteiger partial charge is 0.262 e. The molecule has 0 bridgehead atoms. The van der Waals surface area contributed by atoms with Gasteiger partial charge < -0.3 is 9.64 Å². The Morgan fingerprint density at radius 3 is 2.84 bits per heavy atom. The number of aromatic nitrogens is 2. The molecule has 0 aliphatic carbocycles. The summed E-state index contributed by atoms with van der Waals surface area (Å²) in [5.41, 5.74) is 2.81. The Kier molecular flexibility index (Phi) is 5.78. The number of thioether (sulfide) groups is 1. The Morgan fingerprint density at radius 2 is 1.97 bits per heavy atom. The molecule has 31 heavy (non-hydrogen) atoms. The number of rotatable bonds is 5. The molecule has 6 nitrogen and oxygen atoms in total. The highest BCUT2D eigenvalue weighted by Crippen LogP contribution is 2.28. The number of para-hydroxylation sites is 2. The van der Waals surface area contributed by atoms with E-state index in [4.69, 9.17) is 9.72 Å². The number of carbonyl (C=O) groups is 1. The molecule has 1 fully saturated rings. The second-order valence-electron chi connectivity index (χ2n) is 8.03. The maximum Gasteiger partial charge on any atom is 0.262 e. The van der Waals surface area contributed by atoms with Crippen molar-refractivity contribution in [3.05, 3.63) is 64.4 Å². The van der Waals surface area contributed by atoms with Gasteiger partial charge in [0.05, 0.1) is 29.3 Å². The summed E-state index contributed by atoms with van der Waals surface area (Å²) < 4.78 is 7.46. The zero-order valence-electron chi connectivity index (χ0n) is 17.3. The van der Waals surface area contributed by atoms with Gasteiger partial charge in [-0.15, -0.1) is 0 Å². The first kappa shape index (κ1) is 20.3. The van der Waals surface area contributed by atoms with Crippen molar-refractivity contribution in [2.75, 3.05) is 23.8 Å². The highest BCUT2D eigenvalue weighted by atomic mass is 32.2. The van der Waals surface area contributed by atoms with Gasteiger partial charge in [-0.3, -0.25) is 14.2 Å². The predicted octanol–water partition coefficient (Wildman–Crippen LogP) is 3.65. The molecule has 2 aromatic carbocycles. The topological polar surface area (TPSA) is 64.4 Å². The number of aryl methyl sites for hydroxylation is 1. The van der Waals surface area contributed by atoms with Gasteiger partial charge in [-0.05, 0) is 49.4 Å². The van der Waals surface area contributed by atoms with Crippen LogP contribution in [0.4, 0.5) is 5.69 Å². The minimum absolute atomic E-state index is 0.0182. The van der Waals surface area contributed by atoms with E-state index in [1.54, 1.807) is 10.6 Å². The molecule has 0 spiro atoms. The summed E-state index contributed by atoms with van der Waals surface area (Å²) in [6.45, 7) is 1.93. The van der Waals surface area contributed by atoms with Crippen molar-refractivity contribution in [3.8, 4) is 0 Å². The fraction of sp³-hybridized carbons (Fsp3) is 0.375. The average Bonchev–Trinajstić information content (AvgIpc) is 3.32. The van der Waals surface area contributed by atoms with E-state index in [0.29, 0.717) is 22.6 Å². The van der Waals surface area contributed by atoms with Gasteiger partial charge in [-0.25, -0.2) is 4.98 Å². The standard InChI is InChI=1S/C24H25N3O3S/c28-22(26-13-5-8-17-7-1-4-12-21(17)26)16-31-24-25-20-11-3-2-10-19(20)23(29)27(24)15-18-9-6-14-30-18/h1-4,7,10-12,18H,5-6,8-9,13-16H2/t18-/m0/s1. The summed E-state index contributed by atoms with van der Waals surface area (Å²) in [6.07, 6.45) is 3.93. The molecule has 1 atom stereocenters. The number of carbonyl (C=O) groups excluding carboxylic acids is 1. The maximum absolute atomic E-state index is 13.2. The fourth-order valence-electron chi connectivity index (χ4n) is 4.41. The van der Waals surface area contributed by atoms with Gasteiger partial charge in [0.25, 0.3) is 5.56 Å². The summed E-state index contributed by atoms with van der Waals surface area (Å²) in [4.78, 5) is 32.9. The van der Waals surface area contributed by atoms with Crippen LogP contribution < -0.4 is 10.5 Å². The van der Waals surface area contributed by atoms with Crippen LogP contribution in [-0.2, 0) is 22.5 Å². The molecule has 1 saturated heterocycles. The van der Waals surface area contributed by atoms with E-state index in [2.05, 4.69) is 6.07 Å². The lowest BCUT2D eigenvalue weighted by Gasteiger charge is -2.29. The fourth-order valence-corrected chi connectivity index (χ4v) is 5.29. The third-order valence-corrected chi connectivity index (χ3v) is 6.93. The molecule has 5 rings (SSSR count). The lowest BCUT2D eigenvalue weighted by Crippen LogP contribution is -2.37. The van der Waals surface area contributed by atoms with Crippen LogP contribution in [0.3, 0.4) is 0 Å². The molecule has 0 radical (unpaired) electrons. The molecular weight excluding hydrogens is 410 g/mol. The first-order valence-corrected chi connectivity index (χ1v) is 11.8. The van der Waals surface area contributed by atoms with E-state index in [0.717, 1.165) is 44.5 Å². The molecule has 1 amide bonds. The summed E-state index contributed by atoms with van der Waals surface area (Å²) in [7, 11) is 0. The zero-order chi connectivity index (χ0) is 21.2. The summed E-state index contributed by atoms with van der Waals surface area (Å²) in [6, 6.07) is 15.5. The van der Waals surface area contributed by atoms with Crippen molar-refractivity contribution >= 4 is 34.3 Å². The Hall–Kier alpha value is -2.64. The molecule has 7 heteroatoms. The van der Waals surface area contributed by atoms with E-state index in [1.165, 1.54) is 17.3 Å². The highest BCUT2D eigenvalue weighted by Gasteiger charge is 2.24. The van der Waals surface area contributed by atoms with Crippen molar-refractivity contribution < 1.29 is 9.53 Å². The second kappa shape index (κ2) is 8.85. The van der Waals surface area contributed by atoms with Crippen molar-refractivity contribution in [2.24, 2.45) is 0 Å². The number of fused-ring (bicyclic) bond motifs is 2. The van der Waals surface area contributed by atoms with Gasteiger partial charge in [0.1, 0.15) is 0 Å². The molecular formula is C24H25N3O3S. The van der Waals surface area contributed by atoms with Gasteiger partial charge in [-0.1, -0.05) is 42.1 Å². The lowest BCUT2D eigenvalue weighted by atomic mass is 10.0. The van der Waals surface area contributed by atoms with Crippen LogP contribution in [0.5, 0.6) is 0 Å². The van der Waals surface area contributed by atoms with Crippen LogP contribution in [0.1, 0.15) is 24.8 Å². The maximum atomic E-state index is 13.2. The van der Waals surface area contributed by atoms with Crippen LogP contribution in [0.15, 0.2) is 58.5 Å². The van der Waals surface area contributed by atoms with Gasteiger partial charge in [0.2, 0.25) is 5.91 Å². The van der Waals surface area contributed by atoms with Crippen LogP contribution in [0, 0.1) is 0 Å². The average molecular weight is 436 g/mol. The molecule has 3 heterocycles. The van der Waals surface area contributed by atoms with E-state index < -0.39 is 0 Å². The molecule has 2 aliphatic heterocycles. The first-order chi connectivity index (χ1) is 15.2. The molecule has 160 valence electrons. The number of ether oxygens (including phenoxy) is 1. The molecule has 0 N–H and O–H groups in total. The van der Waals surface area contributed by atoms with Gasteiger partial charge >= 0.3 is 0 Å². The molecule has 0 saturated carbocycles. The minimum Gasteiger partial charge on any atom is -0.376 e. The van der Waals surface area contributed by atoms with E-state index >= 15 is 0 Å². The SMILES string of the molecule is O=C(CSc1nc2ccccc2c(=O)n1C[C@@H]1CCCO1)N1CCCc2ccccc21. The summed E-state index contributed by atoms with van der Waals surface area (Å²) in [5, 5.41) is 1.18. The van der Waals surface area contributed by atoms with Crippen molar-refractivity contribution in [2.45, 2.75) is 43.5 Å². The monoisotopic (exact) mass is 435 g/mol. The quantitative estimate of drug-likeness (QED) is 0.452. The highest BCUT2D eigenvalue weighted by molar-refractivity contribution is 7.99. The Balaban J connectivity index is 1.42. The van der Waals surface area contributed by atoms with E-state index in [-0.39, 0.29) is 23.3 Å². The molecule has 0 unspecified atom stereocenters. The van der Waals surface area contributed by atoms with Crippen molar-refractivity contribution in [3.63, 3.8) is 0 Å². The third kappa shape index (κ3) is 4.12. The Labute approximate surface area is 185 Å². The van der Waals surface area contributed by atoms with E-state index in [1.807, 2.05) is 41.3 Å². The number of anilines is 1. The van der Waals surface area contributed by atoms with Crippen LogP contribution in [0.25, 0.3) is 10.9 Å². The number of amides is 1. The molecule has 3 aromatic rings. The first-order valence-electron chi connectivity index (χ1n) is 10.8. The largest absolute Gasteiger partial charge is 0.376 e. The third-order valence-electron chi connectivity index (χ3n) is 5.97. The van der Waals surface area contributed by atoms with Gasteiger partial charge in [0, 0.05) is 18.8 Å². The normalized spacial score (nSPS) is 18.3. The van der Waals surface area contributed by atoms with Gasteiger partial charge in [-0.2, -0.15) is 0 Å². The van der Waals surface area contributed by atoms with E-state index in [9.17, 15) is 9.59 Å². The Morgan fingerprint density at radius 1 is 1.13 bits per heavy atom. The number of nitrogens with zero attached hydrogens (tertiary/aromatic N) is 3. The summed E-state index contributed by atoms with van der Waals surface area (Å²) in [5.74, 6) is 0.285. The van der Waals surface area contributed by atoms with Crippen LogP contribution >= 0.6 is 11.8 Å². The minimum atomic E-state index is -0.0700. The number of benzene rings is 2. The molecule has 2 aliphatic rings. The lowest BCUT2D eigenvalue weighted by molar-refractivity contribution is -0.116. The number of hydrogen-bond acceptors (Lipinski definition) is 5. The number of hydrogen-bond donors (Lipinski definition) is 0. The zero-order valence-corrected chi connectivity index (χ0v) is 18.1. The van der Waals surface area contributed by atoms with Crippen molar-refractivity contribution in [1.29, 1.82) is 0 Å². The van der Waals surface area contributed by atoms with Gasteiger partial charge in [0.15, 0.2) is 5.16 Å². The predicted molar refractivity (Wildman–Crippen MR) is 123 cm³/mol. The van der Waals surface area contributed by atoms with Crippen LogP contribution in [0.2, 0.25) is 0 Å². The Bertz CT molecular complexity index is 1170. The van der Waals surface area contributed by atoms with Crippen molar-refractivity contribution in [1.82, 2.24) is 9.55 Å². The molecule has 1 aromatic heterocycles. The summed E-state index contributed by atoms with van der Waals surface area (Å²) >= 11 is 1.34. The second-order valence-corrected chi connectivity index (χ2v) is 8.97.